The van der Waals surface area contributed by atoms with E-state index in [1.54, 1.807) is 0 Å². The number of ketones is 1. The van der Waals surface area contributed by atoms with Gasteiger partial charge in [0.15, 0.2) is 5.78 Å². The van der Waals surface area contributed by atoms with E-state index in [0.29, 0.717) is 17.7 Å². The van der Waals surface area contributed by atoms with Crippen molar-refractivity contribution in [3.05, 3.63) is 30.3 Å². The maximum atomic E-state index is 13.7. The average molecular weight is 466 g/mol. The summed E-state index contributed by atoms with van der Waals surface area (Å²) in [6, 6.07) is 10.4. The van der Waals surface area contributed by atoms with Crippen molar-refractivity contribution in [2.75, 3.05) is 31.7 Å². The monoisotopic (exact) mass is 465 g/mol. The third-order valence-corrected chi connectivity index (χ3v) is 11.2. The van der Waals surface area contributed by atoms with Crippen LogP contribution in [0.4, 0.5) is 5.69 Å². The maximum absolute atomic E-state index is 13.7. The van der Waals surface area contributed by atoms with E-state index in [9.17, 15) is 4.79 Å². The molecule has 8 atom stereocenters. The zero-order valence-corrected chi connectivity index (χ0v) is 22.1. The van der Waals surface area contributed by atoms with E-state index >= 15 is 0 Å². The number of carbonyl (C=O) groups excluding carboxylic acids is 1. The highest BCUT2D eigenvalue weighted by atomic mass is 16.5. The number of benzene rings is 1. The topological polar surface area (TPSA) is 29.5 Å². The molecule has 4 fully saturated rings. The lowest BCUT2D eigenvalue weighted by Crippen LogP contribution is -2.56. The maximum Gasteiger partial charge on any atom is 0.155 e. The van der Waals surface area contributed by atoms with Gasteiger partial charge in [0.1, 0.15) is 0 Å². The number of likely N-dealkylation sites (N-methyl/N-ethyl adjacent to an activating group) is 1. The molecule has 188 valence electrons. The summed E-state index contributed by atoms with van der Waals surface area (Å²) in [7, 11) is 2.07. The quantitative estimate of drug-likeness (QED) is 0.434. The fraction of sp³-hybridized carbons (Fsp3) is 0.774. The molecule has 34 heavy (non-hydrogen) atoms. The van der Waals surface area contributed by atoms with Crippen molar-refractivity contribution in [1.29, 1.82) is 0 Å². The number of ether oxygens (including phenoxy) is 1. The molecule has 6 unspecified atom stereocenters. The fourth-order valence-electron chi connectivity index (χ4n) is 9.48. The third kappa shape index (κ3) is 4.04. The van der Waals surface area contributed by atoms with E-state index in [4.69, 9.17) is 4.74 Å². The number of carbonyl (C=O) groups is 1. The molecule has 0 aliphatic heterocycles. The van der Waals surface area contributed by atoms with Gasteiger partial charge in [-0.25, -0.2) is 0 Å². The second kappa shape index (κ2) is 9.60. The van der Waals surface area contributed by atoms with E-state index in [0.717, 1.165) is 54.9 Å². The minimum Gasteiger partial charge on any atom is -0.381 e. The Bertz CT molecular complexity index is 850. The lowest BCUT2D eigenvalue weighted by atomic mass is 9.44. The summed E-state index contributed by atoms with van der Waals surface area (Å²) in [5.74, 6) is 4.77. The van der Waals surface area contributed by atoms with Crippen LogP contribution in [0.3, 0.4) is 0 Å². The molecule has 0 heterocycles. The zero-order valence-electron chi connectivity index (χ0n) is 22.1. The van der Waals surface area contributed by atoms with E-state index in [1.165, 1.54) is 51.4 Å². The van der Waals surface area contributed by atoms with Crippen LogP contribution in [0.15, 0.2) is 30.3 Å². The first-order valence-electron chi connectivity index (χ1n) is 14.3. The average Bonchev–Trinajstić information content (AvgIpc) is 3.20. The predicted molar refractivity (Wildman–Crippen MR) is 140 cm³/mol. The molecule has 0 N–H and O–H groups in total. The smallest absolute Gasteiger partial charge is 0.155 e. The van der Waals surface area contributed by atoms with Crippen LogP contribution in [0.5, 0.6) is 0 Å². The zero-order chi connectivity index (χ0) is 23.9. The molecule has 0 spiro atoms. The van der Waals surface area contributed by atoms with Gasteiger partial charge < -0.3 is 9.64 Å². The summed E-state index contributed by atoms with van der Waals surface area (Å²) >= 11 is 0. The summed E-state index contributed by atoms with van der Waals surface area (Å²) in [4.78, 5) is 15.8. The predicted octanol–water partition coefficient (Wildman–Crippen LogP) is 7.00. The van der Waals surface area contributed by atoms with Crippen molar-refractivity contribution < 1.29 is 9.53 Å². The summed E-state index contributed by atoms with van der Waals surface area (Å²) < 4.78 is 6.24. The Morgan fingerprint density at radius 3 is 2.59 bits per heavy atom. The van der Waals surface area contributed by atoms with Crippen LogP contribution in [0.1, 0.15) is 78.6 Å². The summed E-state index contributed by atoms with van der Waals surface area (Å²) in [6.45, 7) is 9.49. The standard InChI is InChI=1S/C31H47NO2/c1-5-34-21-31-18-15-22(2)19-23(31)11-12-25-26-13-14-28(30(26,3)17-16-27(25)31)29(33)20-32(4)24-9-7-6-8-10-24/h6-10,22-23,25-28H,5,11-21H2,1-4H3/t22?,23?,25?,26?,27?,28?,30-,31+/m0/s1. The van der Waals surface area contributed by atoms with Gasteiger partial charge in [0, 0.05) is 25.3 Å². The van der Waals surface area contributed by atoms with Gasteiger partial charge in [0.05, 0.1) is 13.2 Å². The minimum atomic E-state index is 0.192. The largest absolute Gasteiger partial charge is 0.381 e. The van der Waals surface area contributed by atoms with Gasteiger partial charge in [-0.05, 0) is 111 Å². The molecule has 0 saturated heterocycles. The number of hydrogen-bond donors (Lipinski definition) is 0. The molecule has 4 saturated carbocycles. The number of fused-ring (bicyclic) bond motifs is 5. The van der Waals surface area contributed by atoms with Crippen LogP contribution in [-0.2, 0) is 9.53 Å². The first-order chi connectivity index (χ1) is 16.4. The normalized spacial score (nSPS) is 41.3. The van der Waals surface area contributed by atoms with Crippen LogP contribution in [0.2, 0.25) is 0 Å². The van der Waals surface area contributed by atoms with Crippen molar-refractivity contribution >= 4 is 11.5 Å². The Morgan fingerprint density at radius 2 is 1.82 bits per heavy atom. The molecule has 1 aromatic rings. The van der Waals surface area contributed by atoms with Crippen molar-refractivity contribution in [2.45, 2.75) is 78.6 Å². The molecule has 0 radical (unpaired) electrons. The number of anilines is 1. The first kappa shape index (κ1) is 24.3. The molecule has 3 heteroatoms. The molecular weight excluding hydrogens is 418 g/mol. The van der Waals surface area contributed by atoms with Crippen LogP contribution < -0.4 is 4.90 Å². The molecule has 0 amide bonds. The van der Waals surface area contributed by atoms with Crippen LogP contribution in [0.25, 0.3) is 0 Å². The molecule has 3 nitrogen and oxygen atoms in total. The number of nitrogens with zero attached hydrogens (tertiary/aromatic N) is 1. The van der Waals surface area contributed by atoms with E-state index < -0.39 is 0 Å². The highest BCUT2D eigenvalue weighted by molar-refractivity contribution is 5.86. The first-order valence-corrected chi connectivity index (χ1v) is 14.3. The SMILES string of the molecule is CCOC[C@]12CCC(C)CC1CCC1C3CCC(C(=O)CN(C)c4ccccc4)[C@@]3(C)CCC12. The Morgan fingerprint density at radius 1 is 1.03 bits per heavy atom. The molecule has 0 bridgehead atoms. The van der Waals surface area contributed by atoms with Gasteiger partial charge in [-0.1, -0.05) is 38.5 Å². The van der Waals surface area contributed by atoms with Gasteiger partial charge in [-0.3, -0.25) is 4.79 Å². The number of para-hydroxylation sites is 1. The van der Waals surface area contributed by atoms with Gasteiger partial charge >= 0.3 is 0 Å². The molecule has 1 aromatic carbocycles. The summed E-state index contributed by atoms with van der Waals surface area (Å²) in [6.07, 6.45) is 11.8. The number of hydrogen-bond acceptors (Lipinski definition) is 3. The highest BCUT2D eigenvalue weighted by Crippen LogP contribution is 2.68. The van der Waals surface area contributed by atoms with Crippen molar-refractivity contribution in [3.8, 4) is 0 Å². The van der Waals surface area contributed by atoms with E-state index in [1.807, 2.05) is 6.07 Å². The Hall–Kier alpha value is -1.35. The number of rotatable bonds is 7. The van der Waals surface area contributed by atoms with Crippen molar-refractivity contribution in [3.63, 3.8) is 0 Å². The van der Waals surface area contributed by atoms with Gasteiger partial charge in [-0.15, -0.1) is 0 Å². The van der Waals surface area contributed by atoms with E-state index in [2.05, 4.69) is 57.0 Å². The summed E-state index contributed by atoms with van der Waals surface area (Å²) in [5, 5.41) is 0. The Balaban J connectivity index is 1.34. The minimum absolute atomic E-state index is 0.192. The molecular formula is C31H47NO2. The van der Waals surface area contributed by atoms with Crippen molar-refractivity contribution in [2.24, 2.45) is 46.3 Å². The van der Waals surface area contributed by atoms with Crippen LogP contribution in [0, 0.1) is 46.3 Å². The lowest BCUT2D eigenvalue weighted by molar-refractivity contribution is -0.157. The lowest BCUT2D eigenvalue weighted by Gasteiger charge is -2.62. The van der Waals surface area contributed by atoms with Crippen molar-refractivity contribution in [1.82, 2.24) is 0 Å². The molecule has 4 aliphatic rings. The van der Waals surface area contributed by atoms with E-state index in [-0.39, 0.29) is 11.3 Å². The second-order valence-corrected chi connectivity index (χ2v) is 12.7. The summed E-state index contributed by atoms with van der Waals surface area (Å²) in [5.41, 5.74) is 1.74. The molecule has 5 rings (SSSR count). The Kier molecular flexibility index (Phi) is 6.88. The van der Waals surface area contributed by atoms with Gasteiger partial charge in [-0.2, -0.15) is 0 Å². The highest BCUT2D eigenvalue weighted by Gasteiger charge is 2.62. The molecule has 4 aliphatic carbocycles. The fourth-order valence-corrected chi connectivity index (χ4v) is 9.48. The third-order valence-electron chi connectivity index (χ3n) is 11.2. The Labute approximate surface area is 208 Å². The van der Waals surface area contributed by atoms with Crippen LogP contribution in [-0.4, -0.2) is 32.6 Å². The van der Waals surface area contributed by atoms with Gasteiger partial charge in [0.25, 0.3) is 0 Å². The van der Waals surface area contributed by atoms with Crippen LogP contribution >= 0.6 is 0 Å². The van der Waals surface area contributed by atoms with Gasteiger partial charge in [0.2, 0.25) is 0 Å². The second-order valence-electron chi connectivity index (χ2n) is 12.7. The number of Topliss-reactive ketones (excluding diaryl/α,β-unsaturated/α-hetero) is 1. The molecule has 0 aromatic heterocycles.